The fraction of sp³-hybridized carbons (Fsp3) is 0.347. The smallest absolute Gasteiger partial charge is 0.225 e. The van der Waals surface area contributed by atoms with Crippen LogP contribution in [0.4, 0.5) is 8.78 Å². The van der Waals surface area contributed by atoms with E-state index in [1.807, 2.05) is 44.2 Å². The summed E-state index contributed by atoms with van der Waals surface area (Å²) in [7, 11) is 1.29. The molecule has 2 aromatic heterocycles. The van der Waals surface area contributed by atoms with E-state index < -0.39 is 73.6 Å². The first-order valence-corrected chi connectivity index (χ1v) is 22.4. The molecule has 338 valence electrons. The lowest BCUT2D eigenvalue weighted by Crippen LogP contribution is -2.67. The van der Waals surface area contributed by atoms with Crippen molar-refractivity contribution in [3.63, 3.8) is 0 Å². The molecule has 0 bridgehead atoms. The first-order valence-electron chi connectivity index (χ1n) is 20.8. The first kappa shape index (κ1) is 46.2. The summed E-state index contributed by atoms with van der Waals surface area (Å²) in [4.78, 5) is 3.87. The molecule has 0 amide bonds. The highest BCUT2D eigenvalue weighted by atomic mass is 32.1. The Morgan fingerprint density at radius 1 is 0.562 bits per heavy atom. The molecule has 11 nitrogen and oxygen atoms in total. The van der Waals surface area contributed by atoms with Crippen LogP contribution in [0.1, 0.15) is 43.1 Å². The molecule has 2 saturated heterocycles. The van der Waals surface area contributed by atoms with Gasteiger partial charge in [-0.3, -0.25) is 0 Å². The van der Waals surface area contributed by atoms with Crippen LogP contribution in [0.3, 0.4) is 0 Å². The van der Waals surface area contributed by atoms with E-state index in [4.69, 9.17) is 18.9 Å². The molecule has 2 aliphatic rings. The summed E-state index contributed by atoms with van der Waals surface area (Å²) < 4.78 is 52.2. The van der Waals surface area contributed by atoms with Gasteiger partial charge in [0.25, 0.3) is 0 Å². The van der Waals surface area contributed by atoms with Crippen LogP contribution in [0.15, 0.2) is 109 Å². The Labute approximate surface area is 377 Å². The Hall–Kier alpha value is -4.30. The Morgan fingerprint density at radius 2 is 1.00 bits per heavy atom. The van der Waals surface area contributed by atoms with Crippen molar-refractivity contribution in [1.82, 2.24) is 0 Å². The van der Waals surface area contributed by atoms with Crippen LogP contribution in [-0.2, 0) is 43.4 Å². The topological polar surface area (TPSA) is 179 Å². The number of halogens is 2. The normalized spacial score (nSPS) is 28.4. The lowest BCUT2D eigenvalue weighted by Gasteiger charge is -2.51. The second-order valence-corrected chi connectivity index (χ2v) is 18.7. The number of aliphatic hydroxyl groups excluding tert-OH is 7. The number of hydrogen-bond acceptors (Lipinski definition) is 13. The molecule has 2 aliphatic heterocycles. The maximum Gasteiger partial charge on any atom is 0.225 e. The molecule has 4 heterocycles. The number of aryl methyl sites for hydroxylation is 2. The van der Waals surface area contributed by atoms with E-state index in [0.717, 1.165) is 52.9 Å². The van der Waals surface area contributed by atoms with Gasteiger partial charge in [0.05, 0.1) is 13.2 Å². The Kier molecular flexibility index (Phi) is 13.7. The molecule has 8 rings (SSSR count). The van der Waals surface area contributed by atoms with E-state index in [-0.39, 0.29) is 17.2 Å². The lowest BCUT2D eigenvalue weighted by atomic mass is 9.85. The number of thiophene rings is 2. The summed E-state index contributed by atoms with van der Waals surface area (Å²) in [6.07, 6.45) is -12.9. The monoisotopic (exact) mass is 916 g/mol. The van der Waals surface area contributed by atoms with Crippen molar-refractivity contribution < 1.29 is 63.5 Å². The van der Waals surface area contributed by atoms with Gasteiger partial charge in [-0.05, 0) is 108 Å². The van der Waals surface area contributed by atoms with Crippen LogP contribution in [0, 0.1) is 25.5 Å². The minimum absolute atomic E-state index is 0.212. The van der Waals surface area contributed by atoms with Gasteiger partial charge in [-0.15, -0.1) is 22.7 Å². The third-order valence-corrected chi connectivity index (χ3v) is 14.6. The molecule has 15 heteroatoms. The van der Waals surface area contributed by atoms with E-state index in [1.165, 1.54) is 42.7 Å². The molecule has 64 heavy (non-hydrogen) atoms. The predicted molar refractivity (Wildman–Crippen MR) is 237 cm³/mol. The van der Waals surface area contributed by atoms with E-state index in [1.54, 1.807) is 65.9 Å². The van der Waals surface area contributed by atoms with E-state index >= 15 is 0 Å². The Morgan fingerprint density at radius 3 is 1.47 bits per heavy atom. The highest BCUT2D eigenvalue weighted by molar-refractivity contribution is 7.15. The SMILES string of the molecule is CO[C@@]1(c2ccc(C)c(Cc3ccc(-c4ccc(F)cc4)s3)c2)O[C@H](CO[C@@]2(c3ccc(C)c(Cc4ccc(-c5ccc(F)cc5)s4)c3)O[C@H](CO)[C@@H](O)[C@H](O)[C@H]2O)[C@@H](O)[C@H](O)[C@H]1O. The summed E-state index contributed by atoms with van der Waals surface area (Å²) in [5.41, 5.74) is 5.73. The van der Waals surface area contributed by atoms with Gasteiger partial charge in [0, 0.05) is 50.6 Å². The van der Waals surface area contributed by atoms with Gasteiger partial charge in [-0.1, -0.05) is 48.5 Å². The van der Waals surface area contributed by atoms with Crippen LogP contribution < -0.4 is 0 Å². The van der Waals surface area contributed by atoms with Crippen LogP contribution in [0.25, 0.3) is 20.9 Å². The van der Waals surface area contributed by atoms with Crippen LogP contribution in [0.5, 0.6) is 0 Å². The summed E-state index contributed by atoms with van der Waals surface area (Å²) in [5.74, 6) is -4.97. The van der Waals surface area contributed by atoms with Gasteiger partial charge in [0.2, 0.25) is 11.6 Å². The number of rotatable bonds is 13. The third-order valence-electron chi connectivity index (χ3n) is 12.3. The minimum atomic E-state index is -2.27. The fourth-order valence-corrected chi connectivity index (χ4v) is 10.5. The highest BCUT2D eigenvalue weighted by Gasteiger charge is 2.59. The first-order chi connectivity index (χ1) is 30.7. The van der Waals surface area contributed by atoms with Crippen LogP contribution in [0.2, 0.25) is 0 Å². The lowest BCUT2D eigenvalue weighted by molar-refractivity contribution is -0.400. The van der Waals surface area contributed by atoms with Crippen LogP contribution in [-0.4, -0.2) is 105 Å². The minimum Gasteiger partial charge on any atom is -0.394 e. The molecule has 4 aromatic carbocycles. The zero-order valence-electron chi connectivity index (χ0n) is 35.2. The summed E-state index contributed by atoms with van der Waals surface area (Å²) in [6.45, 7) is 2.46. The zero-order valence-corrected chi connectivity index (χ0v) is 36.8. The molecule has 0 radical (unpaired) electrons. The fourth-order valence-electron chi connectivity index (χ4n) is 8.46. The molecular formula is C49H50F2O11S2. The second kappa shape index (κ2) is 18.9. The van der Waals surface area contributed by atoms with E-state index in [0.29, 0.717) is 18.4 Å². The van der Waals surface area contributed by atoms with Crippen molar-refractivity contribution in [2.24, 2.45) is 0 Å². The van der Waals surface area contributed by atoms with Crippen molar-refractivity contribution in [3.05, 3.63) is 164 Å². The molecule has 0 unspecified atom stereocenters. The number of ether oxygens (including phenoxy) is 4. The summed E-state index contributed by atoms with van der Waals surface area (Å²) >= 11 is 3.07. The number of aliphatic hydroxyl groups is 7. The molecule has 2 fully saturated rings. The summed E-state index contributed by atoms with van der Waals surface area (Å²) in [6, 6.07) is 30.8. The standard InChI is InChI=1S/C49H50F2O11S2/c1-26-4-10-32(20-30(26)22-36-16-18-40(63-36)28-6-12-34(50)13-7-28)48(59-3)46(57)45(56)43(54)39(62-48)25-60-49(47(58)44(55)42(53)38(24-52)61-49)33-11-5-27(2)31(21-33)23-37-17-19-41(64-37)29-8-14-35(51)15-9-29/h4-21,38-39,42-47,52-58H,22-25H2,1-3H3/t38-,39-,42-,43-,44+,45+,46-,47-,48+,49+/m1/s1. The van der Waals surface area contributed by atoms with Crippen molar-refractivity contribution in [2.75, 3.05) is 20.3 Å². The van der Waals surface area contributed by atoms with E-state index in [2.05, 4.69) is 0 Å². The molecule has 7 N–H and O–H groups in total. The van der Waals surface area contributed by atoms with Gasteiger partial charge >= 0.3 is 0 Å². The Balaban J connectivity index is 1.09. The number of benzene rings is 4. The molecular weight excluding hydrogens is 867 g/mol. The van der Waals surface area contributed by atoms with Gasteiger partial charge in [0.15, 0.2) is 0 Å². The van der Waals surface area contributed by atoms with Gasteiger partial charge in [-0.25, -0.2) is 8.78 Å². The number of hydrogen-bond donors (Lipinski definition) is 7. The second-order valence-electron chi connectivity index (χ2n) is 16.4. The Bertz CT molecular complexity index is 2550. The average Bonchev–Trinajstić information content (AvgIpc) is 3.98. The molecule has 6 aromatic rings. The average molecular weight is 917 g/mol. The van der Waals surface area contributed by atoms with Crippen molar-refractivity contribution in [3.8, 4) is 20.9 Å². The highest BCUT2D eigenvalue weighted by Crippen LogP contribution is 2.44. The van der Waals surface area contributed by atoms with Crippen molar-refractivity contribution >= 4 is 22.7 Å². The maximum atomic E-state index is 13.6. The van der Waals surface area contributed by atoms with Gasteiger partial charge < -0.3 is 54.7 Å². The van der Waals surface area contributed by atoms with Gasteiger partial charge in [-0.2, -0.15) is 0 Å². The molecule has 0 saturated carbocycles. The maximum absolute atomic E-state index is 13.6. The largest absolute Gasteiger partial charge is 0.394 e. The quantitative estimate of drug-likeness (QED) is 0.0741. The molecule has 10 atom stereocenters. The third kappa shape index (κ3) is 8.86. The van der Waals surface area contributed by atoms with Crippen molar-refractivity contribution in [1.29, 1.82) is 0 Å². The number of methoxy groups -OCH3 is 1. The molecule has 0 spiro atoms. The van der Waals surface area contributed by atoms with Gasteiger partial charge in [0.1, 0.15) is 60.5 Å². The zero-order chi connectivity index (χ0) is 45.5. The van der Waals surface area contributed by atoms with Crippen LogP contribution >= 0.6 is 22.7 Å². The van der Waals surface area contributed by atoms with Crippen molar-refractivity contribution in [2.45, 2.75) is 87.1 Å². The predicted octanol–water partition coefficient (Wildman–Crippen LogP) is 5.84. The van der Waals surface area contributed by atoms with E-state index in [9.17, 15) is 44.5 Å². The summed E-state index contributed by atoms with van der Waals surface area (Å²) in [5, 5.41) is 78.6. The molecule has 0 aliphatic carbocycles.